The van der Waals surface area contributed by atoms with E-state index >= 15 is 0 Å². The Kier molecular flexibility index (Phi) is 3.76. The maximum atomic E-state index is 12.8. The molecule has 6 nitrogen and oxygen atoms in total. The van der Waals surface area contributed by atoms with Crippen molar-refractivity contribution in [3.63, 3.8) is 0 Å². The number of nitrogens with one attached hydrogen (secondary N) is 3. The van der Waals surface area contributed by atoms with Crippen LogP contribution in [-0.2, 0) is 6.42 Å². The van der Waals surface area contributed by atoms with Crippen LogP contribution in [0.2, 0.25) is 0 Å². The van der Waals surface area contributed by atoms with E-state index in [1.807, 2.05) is 6.92 Å². The third-order valence-electron chi connectivity index (χ3n) is 5.02. The Labute approximate surface area is 149 Å². The smallest absolute Gasteiger partial charge is 0.314 e. The molecule has 1 heterocycles. The van der Waals surface area contributed by atoms with Crippen LogP contribution in [-0.4, -0.2) is 15.9 Å². The molecule has 1 aliphatic rings. The average molecular weight is 349 g/mol. The quantitative estimate of drug-likeness (QED) is 0.619. The van der Waals surface area contributed by atoms with Crippen molar-refractivity contribution >= 4 is 16.9 Å². The van der Waals surface area contributed by atoms with E-state index in [4.69, 9.17) is 0 Å². The van der Waals surface area contributed by atoms with Gasteiger partial charge in [0.25, 0.3) is 5.91 Å². The van der Waals surface area contributed by atoms with Gasteiger partial charge in [-0.1, -0.05) is 30.7 Å². The lowest BCUT2D eigenvalue weighted by molar-refractivity contribution is 0.0927. The van der Waals surface area contributed by atoms with Gasteiger partial charge < -0.3 is 15.3 Å². The van der Waals surface area contributed by atoms with Gasteiger partial charge in [0.1, 0.15) is 0 Å². The molecule has 0 spiro atoms. The molecule has 1 amide bonds. The number of aryl methyl sites for hydroxylation is 1. The highest BCUT2D eigenvalue weighted by molar-refractivity contribution is 5.97. The third kappa shape index (κ3) is 2.73. The first kappa shape index (κ1) is 16.3. The fourth-order valence-electron chi connectivity index (χ4n) is 3.66. The molecule has 2 atom stereocenters. The molecule has 2 unspecified atom stereocenters. The van der Waals surface area contributed by atoms with E-state index in [0.29, 0.717) is 22.5 Å². The highest BCUT2D eigenvalue weighted by Gasteiger charge is 2.30. The topological polar surface area (TPSA) is 94.8 Å². The van der Waals surface area contributed by atoms with E-state index in [2.05, 4.69) is 40.4 Å². The Bertz CT molecular complexity index is 1140. The van der Waals surface area contributed by atoms with Gasteiger partial charge in [0.2, 0.25) is 0 Å². The van der Waals surface area contributed by atoms with Crippen molar-refractivity contribution in [3.8, 4) is 0 Å². The molecule has 0 radical (unpaired) electrons. The molecule has 2 aromatic carbocycles. The normalized spacial score (nSPS) is 18.7. The molecule has 3 aromatic rings. The van der Waals surface area contributed by atoms with Crippen molar-refractivity contribution in [2.45, 2.75) is 26.3 Å². The predicted octanol–water partition coefficient (Wildman–Crippen LogP) is 2.19. The minimum atomic E-state index is -0.733. The number of benzene rings is 2. The first-order valence-corrected chi connectivity index (χ1v) is 8.59. The second kappa shape index (κ2) is 5.98. The van der Waals surface area contributed by atoms with Crippen LogP contribution in [0.4, 0.5) is 0 Å². The number of fused-ring (bicyclic) bond motifs is 2. The van der Waals surface area contributed by atoms with Crippen molar-refractivity contribution in [1.82, 2.24) is 15.3 Å². The summed E-state index contributed by atoms with van der Waals surface area (Å²) in [5, 5.41) is 3.12. The fourth-order valence-corrected chi connectivity index (χ4v) is 3.66. The number of rotatable bonds is 2. The number of hydrogen-bond acceptors (Lipinski definition) is 3. The minimum absolute atomic E-state index is 0.0391. The zero-order valence-corrected chi connectivity index (χ0v) is 14.6. The van der Waals surface area contributed by atoms with Gasteiger partial charge in [0.05, 0.1) is 17.1 Å². The molecule has 0 aliphatic heterocycles. The van der Waals surface area contributed by atoms with Gasteiger partial charge in [0.15, 0.2) is 0 Å². The summed E-state index contributed by atoms with van der Waals surface area (Å²) < 4.78 is 0. The highest BCUT2D eigenvalue weighted by Crippen LogP contribution is 2.36. The summed E-state index contributed by atoms with van der Waals surface area (Å²) in [5.74, 6) is 0.109. The average Bonchev–Trinajstić information content (AvgIpc) is 2.90. The maximum Gasteiger partial charge on any atom is 0.314 e. The van der Waals surface area contributed by atoms with Gasteiger partial charge in [-0.25, -0.2) is 0 Å². The summed E-state index contributed by atoms with van der Waals surface area (Å²) in [6.45, 7) is 4.17. The summed E-state index contributed by atoms with van der Waals surface area (Å²) in [7, 11) is 0. The number of hydrogen-bond donors (Lipinski definition) is 3. The maximum absolute atomic E-state index is 12.8. The van der Waals surface area contributed by atoms with Crippen LogP contribution in [0.5, 0.6) is 0 Å². The lowest BCUT2D eigenvalue weighted by Gasteiger charge is -2.19. The van der Waals surface area contributed by atoms with Gasteiger partial charge in [0, 0.05) is 5.56 Å². The van der Waals surface area contributed by atoms with Gasteiger partial charge in [-0.3, -0.25) is 14.4 Å². The Morgan fingerprint density at radius 1 is 1.04 bits per heavy atom. The molecule has 1 aromatic heterocycles. The Hall–Kier alpha value is -3.15. The molecular weight excluding hydrogens is 330 g/mol. The van der Waals surface area contributed by atoms with Crippen LogP contribution in [0.3, 0.4) is 0 Å². The number of aromatic amines is 2. The van der Waals surface area contributed by atoms with Crippen LogP contribution in [0, 0.1) is 12.8 Å². The van der Waals surface area contributed by atoms with Crippen molar-refractivity contribution < 1.29 is 4.79 Å². The summed E-state index contributed by atoms with van der Waals surface area (Å²) in [6, 6.07) is 11.2. The largest absolute Gasteiger partial charge is 0.345 e. The Morgan fingerprint density at radius 3 is 2.54 bits per heavy atom. The molecule has 0 bridgehead atoms. The second-order valence-corrected chi connectivity index (χ2v) is 7.00. The van der Waals surface area contributed by atoms with E-state index < -0.39 is 11.1 Å². The summed E-state index contributed by atoms with van der Waals surface area (Å²) in [4.78, 5) is 40.6. The Balaban J connectivity index is 1.66. The van der Waals surface area contributed by atoms with Crippen molar-refractivity contribution in [3.05, 3.63) is 79.4 Å². The molecule has 0 fully saturated rings. The zero-order chi connectivity index (χ0) is 18.4. The first-order chi connectivity index (χ1) is 12.4. The SMILES string of the molecule is Cc1ccc2c(c1)C(NC(=O)c1ccc3[nH]c(=O)c(=O)[nH]c3c1)C(C)C2. The third-order valence-corrected chi connectivity index (χ3v) is 5.02. The minimum Gasteiger partial charge on any atom is -0.345 e. The van der Waals surface area contributed by atoms with Crippen LogP contribution >= 0.6 is 0 Å². The molecule has 132 valence electrons. The van der Waals surface area contributed by atoms with E-state index in [-0.39, 0.29) is 11.9 Å². The molecule has 0 saturated heterocycles. The van der Waals surface area contributed by atoms with Crippen LogP contribution < -0.4 is 16.4 Å². The van der Waals surface area contributed by atoms with Crippen molar-refractivity contribution in [2.24, 2.45) is 5.92 Å². The molecule has 6 heteroatoms. The second-order valence-electron chi connectivity index (χ2n) is 7.00. The molecule has 26 heavy (non-hydrogen) atoms. The van der Waals surface area contributed by atoms with Crippen LogP contribution in [0.25, 0.3) is 11.0 Å². The predicted molar refractivity (Wildman–Crippen MR) is 99.4 cm³/mol. The summed E-state index contributed by atoms with van der Waals surface area (Å²) in [6.07, 6.45) is 0.937. The monoisotopic (exact) mass is 349 g/mol. The molecular formula is C20H19N3O3. The van der Waals surface area contributed by atoms with Crippen LogP contribution in [0.15, 0.2) is 46.0 Å². The molecule has 1 aliphatic carbocycles. The van der Waals surface area contributed by atoms with E-state index in [1.165, 1.54) is 16.7 Å². The van der Waals surface area contributed by atoms with Crippen molar-refractivity contribution in [2.75, 3.05) is 0 Å². The van der Waals surface area contributed by atoms with Gasteiger partial charge in [-0.05, 0) is 48.6 Å². The van der Waals surface area contributed by atoms with Crippen molar-refractivity contribution in [1.29, 1.82) is 0 Å². The van der Waals surface area contributed by atoms with Crippen LogP contribution in [0.1, 0.15) is 40.0 Å². The highest BCUT2D eigenvalue weighted by atomic mass is 16.2. The van der Waals surface area contributed by atoms with E-state index in [0.717, 1.165) is 6.42 Å². The first-order valence-electron chi connectivity index (χ1n) is 8.59. The molecule has 3 N–H and O–H groups in total. The number of H-pyrrole nitrogens is 2. The van der Waals surface area contributed by atoms with Gasteiger partial charge in [-0.2, -0.15) is 0 Å². The summed E-state index contributed by atoms with van der Waals surface area (Å²) >= 11 is 0. The van der Waals surface area contributed by atoms with E-state index in [9.17, 15) is 14.4 Å². The summed E-state index contributed by atoms with van der Waals surface area (Å²) in [5.41, 5.74) is 3.53. The van der Waals surface area contributed by atoms with E-state index in [1.54, 1.807) is 18.2 Å². The number of carbonyl (C=O) groups excluding carboxylic acids is 1. The number of amides is 1. The lowest BCUT2D eigenvalue weighted by atomic mass is 10.0. The molecule has 0 saturated carbocycles. The standard InChI is InChI=1S/C20H19N3O3/c1-10-3-4-12-8-11(2)17(14(12)7-10)23-18(24)13-5-6-15-16(9-13)22-20(26)19(25)21-15/h3-7,9,11,17H,8H2,1-2H3,(H,21,25)(H,22,26)(H,23,24). The number of carbonyl (C=O) groups is 1. The van der Waals surface area contributed by atoms with Gasteiger partial charge in [-0.15, -0.1) is 0 Å². The number of aromatic nitrogens is 2. The lowest BCUT2D eigenvalue weighted by Crippen LogP contribution is -2.31. The Morgan fingerprint density at radius 2 is 1.77 bits per heavy atom. The van der Waals surface area contributed by atoms with Gasteiger partial charge >= 0.3 is 11.1 Å². The molecule has 4 rings (SSSR count). The fraction of sp³-hybridized carbons (Fsp3) is 0.250. The zero-order valence-electron chi connectivity index (χ0n) is 14.6.